The lowest BCUT2D eigenvalue weighted by atomic mass is 9.99. The highest BCUT2D eigenvalue weighted by Gasteiger charge is 2.11. The van der Waals surface area contributed by atoms with Crippen LogP contribution in [0.1, 0.15) is 35.2 Å². The number of hydrogen-bond acceptors (Lipinski definition) is 3. The molecule has 0 unspecified atom stereocenters. The highest BCUT2D eigenvalue weighted by atomic mass is 32.1. The van der Waals surface area contributed by atoms with Crippen LogP contribution in [0.4, 0.5) is 0 Å². The van der Waals surface area contributed by atoms with Crippen LogP contribution in [0.5, 0.6) is 0 Å². The number of thiol groups is 1. The Balaban J connectivity index is 1.64. The number of benzene rings is 2. The van der Waals surface area contributed by atoms with Crippen LogP contribution in [0.2, 0.25) is 0 Å². The van der Waals surface area contributed by atoms with Gasteiger partial charge in [0.25, 0.3) is 0 Å². The molecule has 0 amide bonds. The second-order valence-corrected chi connectivity index (χ2v) is 6.13. The monoisotopic (exact) mass is 321 g/mol. The zero-order valence-electron chi connectivity index (χ0n) is 12.9. The summed E-state index contributed by atoms with van der Waals surface area (Å²) in [6.45, 7) is 0. The lowest BCUT2D eigenvalue weighted by molar-refractivity contribution is 0.0981. The summed E-state index contributed by atoms with van der Waals surface area (Å²) in [5.74, 6) is 0.185. The van der Waals surface area contributed by atoms with E-state index in [9.17, 15) is 4.79 Å². The highest BCUT2D eigenvalue weighted by Crippen LogP contribution is 2.24. The summed E-state index contributed by atoms with van der Waals surface area (Å²) in [6, 6.07) is 17.9. The lowest BCUT2D eigenvalue weighted by Gasteiger charge is -2.07. The van der Waals surface area contributed by atoms with Crippen molar-refractivity contribution in [1.29, 1.82) is 0 Å². The molecule has 0 fully saturated rings. The fraction of sp³-hybridized carbons (Fsp3) is 0.200. The fourth-order valence-corrected chi connectivity index (χ4v) is 3.05. The van der Waals surface area contributed by atoms with E-state index in [1.54, 1.807) is 6.20 Å². The zero-order chi connectivity index (χ0) is 16.1. The van der Waals surface area contributed by atoms with Crippen LogP contribution in [0.3, 0.4) is 0 Å². The molecule has 2 aromatic carbocycles. The minimum atomic E-state index is 0.185. The summed E-state index contributed by atoms with van der Waals surface area (Å²) in [5.41, 5.74) is 2.88. The van der Waals surface area contributed by atoms with Crippen LogP contribution in [0.15, 0.2) is 65.7 Å². The van der Waals surface area contributed by atoms with Crippen LogP contribution in [-0.4, -0.2) is 10.8 Å². The van der Waals surface area contributed by atoms with Crippen molar-refractivity contribution in [1.82, 2.24) is 4.98 Å². The number of nitrogens with zero attached hydrogens (tertiary/aromatic N) is 1. The Morgan fingerprint density at radius 1 is 0.957 bits per heavy atom. The molecule has 3 rings (SSSR count). The van der Waals surface area contributed by atoms with E-state index < -0.39 is 0 Å². The van der Waals surface area contributed by atoms with E-state index in [0.29, 0.717) is 6.42 Å². The smallest absolute Gasteiger partial charge is 0.163 e. The standard InChI is InChI=1S/C20H19NOS/c22-18(11-5-4-9-15-7-2-1-3-8-15)16-12-13-19(23)20-17(16)10-6-14-21-20/h1-3,6-8,10,12-14,23H,4-5,9,11H2. The van der Waals surface area contributed by atoms with Gasteiger partial charge in [0.05, 0.1) is 5.52 Å². The maximum atomic E-state index is 12.5. The fourth-order valence-electron chi connectivity index (χ4n) is 2.79. The predicted molar refractivity (Wildman–Crippen MR) is 97.3 cm³/mol. The molecule has 3 heteroatoms. The second kappa shape index (κ2) is 7.42. The summed E-state index contributed by atoms with van der Waals surface area (Å²) < 4.78 is 0. The van der Waals surface area contributed by atoms with Crippen LogP contribution in [-0.2, 0) is 6.42 Å². The normalized spacial score (nSPS) is 10.8. The number of ketones is 1. The molecule has 0 aliphatic rings. The number of carbonyl (C=O) groups is 1. The van der Waals surface area contributed by atoms with Gasteiger partial charge in [-0.2, -0.15) is 0 Å². The molecule has 0 radical (unpaired) electrons. The molecule has 0 saturated carbocycles. The summed E-state index contributed by atoms with van der Waals surface area (Å²) in [5, 5.41) is 0.896. The van der Waals surface area contributed by atoms with Gasteiger partial charge in [-0.15, -0.1) is 12.6 Å². The average molecular weight is 321 g/mol. The molecular weight excluding hydrogens is 302 g/mol. The van der Waals surface area contributed by atoms with Gasteiger partial charge >= 0.3 is 0 Å². The molecule has 0 bridgehead atoms. The Morgan fingerprint density at radius 2 is 1.78 bits per heavy atom. The molecule has 0 aliphatic heterocycles. The third kappa shape index (κ3) is 3.80. The molecule has 116 valence electrons. The molecule has 23 heavy (non-hydrogen) atoms. The van der Waals surface area contributed by atoms with Crippen molar-refractivity contribution in [3.8, 4) is 0 Å². The Labute approximate surface area is 142 Å². The largest absolute Gasteiger partial charge is 0.294 e. The maximum absolute atomic E-state index is 12.5. The van der Waals surface area contributed by atoms with Gasteiger partial charge in [-0.1, -0.05) is 36.4 Å². The van der Waals surface area contributed by atoms with E-state index in [1.807, 2.05) is 30.3 Å². The van der Waals surface area contributed by atoms with Gasteiger partial charge in [0, 0.05) is 28.5 Å². The van der Waals surface area contributed by atoms with Gasteiger partial charge < -0.3 is 0 Å². The number of unbranched alkanes of at least 4 members (excludes halogenated alkanes) is 1. The van der Waals surface area contributed by atoms with E-state index in [4.69, 9.17) is 0 Å². The Morgan fingerprint density at radius 3 is 2.61 bits per heavy atom. The number of pyridine rings is 1. The van der Waals surface area contributed by atoms with Crippen LogP contribution >= 0.6 is 12.6 Å². The Hall–Kier alpha value is -2.13. The van der Waals surface area contributed by atoms with Gasteiger partial charge in [0.2, 0.25) is 0 Å². The predicted octanol–water partition coefficient (Wildman–Crippen LogP) is 5.12. The highest BCUT2D eigenvalue weighted by molar-refractivity contribution is 7.80. The van der Waals surface area contributed by atoms with Crippen LogP contribution in [0.25, 0.3) is 10.9 Å². The number of rotatable bonds is 6. The van der Waals surface area contributed by atoms with Crippen molar-refractivity contribution in [2.45, 2.75) is 30.6 Å². The Kier molecular flexibility index (Phi) is 5.09. The van der Waals surface area contributed by atoms with Gasteiger partial charge in [0.1, 0.15) is 0 Å². The lowest BCUT2D eigenvalue weighted by Crippen LogP contribution is -2.01. The second-order valence-electron chi connectivity index (χ2n) is 5.65. The molecule has 0 aliphatic carbocycles. The van der Waals surface area contributed by atoms with Gasteiger partial charge in [-0.25, -0.2) is 0 Å². The van der Waals surface area contributed by atoms with Crippen molar-refractivity contribution in [2.75, 3.05) is 0 Å². The van der Waals surface area contributed by atoms with E-state index in [1.165, 1.54) is 5.56 Å². The van der Waals surface area contributed by atoms with Crippen molar-refractivity contribution in [3.05, 3.63) is 71.9 Å². The topological polar surface area (TPSA) is 30.0 Å². The number of carbonyl (C=O) groups excluding carboxylic acids is 1. The SMILES string of the molecule is O=C(CCCCc1ccccc1)c1ccc(S)c2ncccc12. The molecule has 3 aromatic rings. The van der Waals surface area contributed by atoms with E-state index in [0.717, 1.165) is 40.6 Å². The zero-order valence-corrected chi connectivity index (χ0v) is 13.8. The van der Waals surface area contributed by atoms with E-state index in [-0.39, 0.29) is 5.78 Å². The molecule has 0 spiro atoms. The third-order valence-electron chi connectivity index (χ3n) is 4.01. The van der Waals surface area contributed by atoms with E-state index >= 15 is 0 Å². The average Bonchev–Trinajstić information content (AvgIpc) is 2.60. The van der Waals surface area contributed by atoms with Crippen LogP contribution in [0, 0.1) is 0 Å². The van der Waals surface area contributed by atoms with Crippen molar-refractivity contribution >= 4 is 29.3 Å². The quantitative estimate of drug-likeness (QED) is 0.388. The molecular formula is C20H19NOS. The third-order valence-corrected chi connectivity index (χ3v) is 4.37. The summed E-state index contributed by atoms with van der Waals surface area (Å²) >= 11 is 4.42. The van der Waals surface area contributed by atoms with Crippen molar-refractivity contribution < 1.29 is 4.79 Å². The summed E-state index contributed by atoms with van der Waals surface area (Å²) in [6.07, 6.45) is 5.25. The first-order chi connectivity index (χ1) is 11.3. The van der Waals surface area contributed by atoms with Crippen LogP contribution < -0.4 is 0 Å². The number of Topliss-reactive ketones (excluding diaryl/α,β-unsaturated/α-hetero) is 1. The van der Waals surface area contributed by atoms with Gasteiger partial charge in [0.15, 0.2) is 5.78 Å². The summed E-state index contributed by atoms with van der Waals surface area (Å²) in [7, 11) is 0. The number of aryl methyl sites for hydroxylation is 1. The first-order valence-electron chi connectivity index (χ1n) is 7.89. The molecule has 2 nitrogen and oxygen atoms in total. The number of fused-ring (bicyclic) bond motifs is 1. The minimum absolute atomic E-state index is 0.185. The Bertz CT molecular complexity index is 814. The molecule has 0 N–H and O–H groups in total. The number of hydrogen-bond donors (Lipinski definition) is 1. The number of aromatic nitrogens is 1. The van der Waals surface area contributed by atoms with Crippen molar-refractivity contribution in [2.24, 2.45) is 0 Å². The molecule has 0 atom stereocenters. The van der Waals surface area contributed by atoms with Gasteiger partial charge in [-0.05, 0) is 43.0 Å². The minimum Gasteiger partial charge on any atom is -0.294 e. The first-order valence-corrected chi connectivity index (χ1v) is 8.34. The maximum Gasteiger partial charge on any atom is 0.163 e. The van der Waals surface area contributed by atoms with Crippen molar-refractivity contribution in [3.63, 3.8) is 0 Å². The molecule has 1 heterocycles. The summed E-state index contributed by atoms with van der Waals surface area (Å²) in [4.78, 5) is 17.7. The van der Waals surface area contributed by atoms with Gasteiger partial charge in [-0.3, -0.25) is 9.78 Å². The molecule has 0 saturated heterocycles. The first kappa shape index (κ1) is 15.8. The molecule has 1 aromatic heterocycles. The van der Waals surface area contributed by atoms with E-state index in [2.05, 4.69) is 41.9 Å².